The van der Waals surface area contributed by atoms with E-state index in [9.17, 15) is 5.11 Å². The van der Waals surface area contributed by atoms with Gasteiger partial charge < -0.3 is 5.11 Å². The fraction of sp³-hybridized carbons (Fsp3) is 1.00. The van der Waals surface area contributed by atoms with Crippen LogP contribution in [0.1, 0.15) is 80.6 Å². The van der Waals surface area contributed by atoms with Gasteiger partial charge in [0.15, 0.2) is 0 Å². The molecule has 18 heavy (non-hydrogen) atoms. The molecule has 3 atom stereocenters. The van der Waals surface area contributed by atoms with E-state index in [1.165, 1.54) is 25.7 Å². The van der Waals surface area contributed by atoms with E-state index in [1.807, 2.05) is 13.8 Å². The van der Waals surface area contributed by atoms with Gasteiger partial charge in [0.25, 0.3) is 0 Å². The molecule has 0 spiro atoms. The van der Waals surface area contributed by atoms with Crippen molar-refractivity contribution in [2.75, 3.05) is 0 Å². The van der Waals surface area contributed by atoms with Gasteiger partial charge >= 0.3 is 0 Å². The third-order valence-electron chi connectivity index (χ3n) is 4.19. The molecule has 1 nitrogen and oxygen atoms in total. The van der Waals surface area contributed by atoms with E-state index in [2.05, 4.69) is 34.6 Å². The second-order valence-corrected chi connectivity index (χ2v) is 7.19. The molecule has 0 saturated heterocycles. The molecule has 0 bridgehead atoms. The van der Waals surface area contributed by atoms with Gasteiger partial charge in [-0.15, -0.1) is 0 Å². The Morgan fingerprint density at radius 3 is 2.06 bits per heavy atom. The summed E-state index contributed by atoms with van der Waals surface area (Å²) in [6, 6.07) is 0. The van der Waals surface area contributed by atoms with E-state index >= 15 is 0 Å². The van der Waals surface area contributed by atoms with Gasteiger partial charge in [-0.1, -0.05) is 61.3 Å². The first-order valence-corrected chi connectivity index (χ1v) is 7.98. The quantitative estimate of drug-likeness (QED) is 0.729. The summed E-state index contributed by atoms with van der Waals surface area (Å²) in [5.41, 5.74) is 0.266. The number of hydrogen-bond acceptors (Lipinski definition) is 1. The molecule has 1 rings (SSSR count). The highest BCUT2D eigenvalue weighted by molar-refractivity contribution is 4.86. The molecular formula is C17H36O. The highest BCUT2D eigenvalue weighted by atomic mass is 16.3. The Morgan fingerprint density at radius 1 is 1.11 bits per heavy atom. The largest absolute Gasteiger partial charge is 0.393 e. The fourth-order valence-electron chi connectivity index (χ4n) is 3.07. The normalized spacial score (nSPS) is 28.8. The van der Waals surface area contributed by atoms with Gasteiger partial charge in [0.1, 0.15) is 0 Å². The molecule has 0 amide bonds. The molecule has 0 radical (unpaired) electrons. The van der Waals surface area contributed by atoms with Crippen LogP contribution in [0.15, 0.2) is 0 Å². The molecule has 0 aromatic carbocycles. The molecule has 1 N–H and O–H groups in total. The first-order chi connectivity index (χ1) is 8.30. The van der Waals surface area contributed by atoms with E-state index in [-0.39, 0.29) is 11.5 Å². The Labute approximate surface area is 115 Å². The molecule has 1 fully saturated rings. The fourth-order valence-corrected chi connectivity index (χ4v) is 3.07. The predicted octanol–water partition coefficient (Wildman–Crippen LogP) is 5.27. The van der Waals surface area contributed by atoms with Crippen molar-refractivity contribution in [3.8, 4) is 0 Å². The number of rotatable bonds is 3. The van der Waals surface area contributed by atoms with E-state index in [0.717, 1.165) is 18.3 Å². The topological polar surface area (TPSA) is 20.2 Å². The molecule has 0 aliphatic heterocycles. The number of hydrogen-bond donors (Lipinski definition) is 1. The lowest BCUT2D eigenvalue weighted by atomic mass is 9.67. The highest BCUT2D eigenvalue weighted by Crippen LogP contribution is 2.41. The third-order valence-corrected chi connectivity index (χ3v) is 4.19. The lowest BCUT2D eigenvalue weighted by Gasteiger charge is -2.41. The molecule has 1 aliphatic rings. The van der Waals surface area contributed by atoms with Crippen molar-refractivity contribution >= 4 is 0 Å². The van der Waals surface area contributed by atoms with Crippen molar-refractivity contribution in [2.24, 2.45) is 23.2 Å². The zero-order chi connectivity index (χ0) is 14.3. The van der Waals surface area contributed by atoms with Gasteiger partial charge in [-0.2, -0.15) is 0 Å². The Balaban J connectivity index is 0.00000137. The number of aliphatic hydroxyl groups excluding tert-OH is 1. The van der Waals surface area contributed by atoms with E-state index in [4.69, 9.17) is 0 Å². The highest BCUT2D eigenvalue weighted by Gasteiger charge is 2.36. The minimum absolute atomic E-state index is 0.0640. The standard InChI is InChI=1S/C15H30O.C2H6/c1-11(2)6-7-12-8-9-13(14(16)10-12)15(3,4)5;1-2/h11-14,16H,6-10H2,1-5H3;1-2H3. The minimum Gasteiger partial charge on any atom is -0.393 e. The molecule has 3 unspecified atom stereocenters. The maximum absolute atomic E-state index is 10.2. The Hall–Kier alpha value is -0.0400. The number of aliphatic hydroxyl groups is 1. The molecule has 1 aliphatic carbocycles. The summed E-state index contributed by atoms with van der Waals surface area (Å²) < 4.78 is 0. The Morgan fingerprint density at radius 2 is 1.67 bits per heavy atom. The second kappa shape index (κ2) is 8.19. The van der Waals surface area contributed by atoms with Crippen molar-refractivity contribution in [3.63, 3.8) is 0 Å². The zero-order valence-corrected chi connectivity index (χ0v) is 13.8. The Kier molecular flexibility index (Phi) is 8.18. The summed E-state index contributed by atoms with van der Waals surface area (Å²) in [6.45, 7) is 15.4. The van der Waals surface area contributed by atoms with E-state index < -0.39 is 0 Å². The van der Waals surface area contributed by atoms with Crippen LogP contribution in [0.5, 0.6) is 0 Å². The SMILES string of the molecule is CC.CC(C)CCC1CCC(C(C)(C)C)C(O)C1. The maximum Gasteiger partial charge on any atom is 0.0576 e. The smallest absolute Gasteiger partial charge is 0.0576 e. The molecule has 110 valence electrons. The molecule has 1 heteroatoms. The van der Waals surface area contributed by atoms with Gasteiger partial charge in [-0.25, -0.2) is 0 Å². The van der Waals surface area contributed by atoms with Crippen LogP contribution in [-0.2, 0) is 0 Å². The average Bonchev–Trinajstić information content (AvgIpc) is 2.27. The second-order valence-electron chi connectivity index (χ2n) is 7.19. The summed E-state index contributed by atoms with van der Waals surface area (Å²) >= 11 is 0. The van der Waals surface area contributed by atoms with E-state index in [0.29, 0.717) is 5.92 Å². The van der Waals surface area contributed by atoms with Gasteiger partial charge in [-0.3, -0.25) is 0 Å². The summed E-state index contributed by atoms with van der Waals surface area (Å²) in [7, 11) is 0. The van der Waals surface area contributed by atoms with E-state index in [1.54, 1.807) is 0 Å². The third kappa shape index (κ3) is 6.22. The van der Waals surface area contributed by atoms with Crippen LogP contribution in [0.3, 0.4) is 0 Å². The molecule has 0 aromatic heterocycles. The van der Waals surface area contributed by atoms with Crippen LogP contribution in [0.2, 0.25) is 0 Å². The lowest BCUT2D eigenvalue weighted by Crippen LogP contribution is -2.37. The summed E-state index contributed by atoms with van der Waals surface area (Å²) in [5.74, 6) is 2.08. The van der Waals surface area contributed by atoms with Gasteiger partial charge in [0, 0.05) is 0 Å². The predicted molar refractivity (Wildman–Crippen MR) is 81.7 cm³/mol. The maximum atomic E-state index is 10.2. The first kappa shape index (κ1) is 18.0. The summed E-state index contributed by atoms with van der Waals surface area (Å²) in [5, 5.41) is 10.2. The van der Waals surface area contributed by atoms with Crippen LogP contribution in [0.4, 0.5) is 0 Å². The van der Waals surface area contributed by atoms with Crippen LogP contribution in [0, 0.1) is 23.2 Å². The van der Waals surface area contributed by atoms with Gasteiger partial charge in [-0.05, 0) is 42.4 Å². The van der Waals surface area contributed by atoms with Crippen molar-refractivity contribution in [1.82, 2.24) is 0 Å². The zero-order valence-electron chi connectivity index (χ0n) is 13.8. The van der Waals surface area contributed by atoms with Crippen LogP contribution >= 0.6 is 0 Å². The first-order valence-electron chi connectivity index (χ1n) is 7.98. The van der Waals surface area contributed by atoms with Crippen LogP contribution in [-0.4, -0.2) is 11.2 Å². The molecule has 1 saturated carbocycles. The van der Waals surface area contributed by atoms with Crippen molar-refractivity contribution in [1.29, 1.82) is 0 Å². The molecule has 0 heterocycles. The summed E-state index contributed by atoms with van der Waals surface area (Å²) in [6.07, 6.45) is 6.14. The van der Waals surface area contributed by atoms with Crippen molar-refractivity contribution < 1.29 is 5.11 Å². The monoisotopic (exact) mass is 256 g/mol. The van der Waals surface area contributed by atoms with Crippen LogP contribution < -0.4 is 0 Å². The molecular weight excluding hydrogens is 220 g/mol. The van der Waals surface area contributed by atoms with Gasteiger partial charge in [0.05, 0.1) is 6.10 Å². The van der Waals surface area contributed by atoms with Crippen LogP contribution in [0.25, 0.3) is 0 Å². The summed E-state index contributed by atoms with van der Waals surface area (Å²) in [4.78, 5) is 0. The lowest BCUT2D eigenvalue weighted by molar-refractivity contribution is -0.0107. The molecule has 0 aromatic rings. The van der Waals surface area contributed by atoms with Crippen molar-refractivity contribution in [3.05, 3.63) is 0 Å². The van der Waals surface area contributed by atoms with Gasteiger partial charge in [0.2, 0.25) is 0 Å². The minimum atomic E-state index is -0.0640. The van der Waals surface area contributed by atoms with Crippen molar-refractivity contribution in [2.45, 2.75) is 86.7 Å². The average molecular weight is 256 g/mol. The Bertz CT molecular complexity index is 202.